The van der Waals surface area contributed by atoms with E-state index in [9.17, 15) is 4.79 Å². The van der Waals surface area contributed by atoms with E-state index in [0.29, 0.717) is 6.54 Å². The molecule has 1 aromatic carbocycles. The molecule has 1 aliphatic heterocycles. The zero-order valence-corrected chi connectivity index (χ0v) is 15.9. The van der Waals surface area contributed by atoms with Crippen LogP contribution in [-0.4, -0.2) is 42.6 Å². The van der Waals surface area contributed by atoms with E-state index >= 15 is 0 Å². The molecular weight excluding hydrogens is 332 g/mol. The van der Waals surface area contributed by atoms with Gasteiger partial charge in [0.05, 0.1) is 24.8 Å². The number of nitrogens with zero attached hydrogens (tertiary/aromatic N) is 1. The van der Waals surface area contributed by atoms with Gasteiger partial charge in [-0.1, -0.05) is 35.9 Å². The molecule has 3 unspecified atom stereocenters. The maximum absolute atomic E-state index is 12.7. The van der Waals surface area contributed by atoms with Gasteiger partial charge in [0.2, 0.25) is 5.91 Å². The lowest BCUT2D eigenvalue weighted by Crippen LogP contribution is -2.49. The largest absolute Gasteiger partial charge is 0.373 e. The molecule has 1 saturated heterocycles. The van der Waals surface area contributed by atoms with Crippen LogP contribution in [0.15, 0.2) is 41.8 Å². The Kier molecular flexibility index (Phi) is 5.89. The van der Waals surface area contributed by atoms with E-state index in [-0.39, 0.29) is 24.2 Å². The molecule has 3 atom stereocenters. The molecule has 0 radical (unpaired) electrons. The number of carbonyl (C=O) groups excluding carboxylic acids is 1. The minimum Gasteiger partial charge on any atom is -0.373 e. The van der Waals surface area contributed by atoms with E-state index in [1.54, 1.807) is 11.3 Å². The Labute approximate surface area is 153 Å². The summed E-state index contributed by atoms with van der Waals surface area (Å²) in [5.74, 6) is 0.0558. The summed E-state index contributed by atoms with van der Waals surface area (Å²) in [5, 5.41) is 5.27. The number of amides is 1. The fraction of sp³-hybridized carbons (Fsp3) is 0.450. The van der Waals surface area contributed by atoms with Gasteiger partial charge < -0.3 is 10.1 Å². The van der Waals surface area contributed by atoms with Crippen LogP contribution in [0, 0.1) is 6.92 Å². The number of nitrogens with one attached hydrogen (secondary N) is 1. The number of rotatable bonds is 5. The molecule has 1 aromatic heterocycles. The van der Waals surface area contributed by atoms with Crippen LogP contribution >= 0.6 is 11.3 Å². The van der Waals surface area contributed by atoms with Gasteiger partial charge in [0.15, 0.2) is 0 Å². The van der Waals surface area contributed by atoms with E-state index < -0.39 is 0 Å². The van der Waals surface area contributed by atoms with Crippen LogP contribution in [0.4, 0.5) is 0 Å². The highest BCUT2D eigenvalue weighted by atomic mass is 32.1. The summed E-state index contributed by atoms with van der Waals surface area (Å²) in [6.45, 7) is 8.19. The van der Waals surface area contributed by atoms with Crippen LogP contribution in [-0.2, 0) is 9.53 Å². The number of benzene rings is 1. The zero-order valence-electron chi connectivity index (χ0n) is 15.1. The molecule has 5 heteroatoms. The summed E-state index contributed by atoms with van der Waals surface area (Å²) in [7, 11) is 0. The maximum Gasteiger partial charge on any atom is 0.234 e. The van der Waals surface area contributed by atoms with Crippen molar-refractivity contribution in [1.82, 2.24) is 10.2 Å². The summed E-state index contributed by atoms with van der Waals surface area (Å²) >= 11 is 1.67. The fourth-order valence-electron chi connectivity index (χ4n) is 3.36. The zero-order chi connectivity index (χ0) is 17.8. The van der Waals surface area contributed by atoms with Gasteiger partial charge in [0.1, 0.15) is 0 Å². The number of morpholine rings is 1. The number of hydrogen-bond acceptors (Lipinski definition) is 4. The molecule has 2 aromatic rings. The van der Waals surface area contributed by atoms with Crippen molar-refractivity contribution in [3.8, 4) is 0 Å². The minimum atomic E-state index is -0.0935. The van der Waals surface area contributed by atoms with Crippen molar-refractivity contribution in [2.45, 2.75) is 39.0 Å². The van der Waals surface area contributed by atoms with Crippen LogP contribution in [0.5, 0.6) is 0 Å². The second-order valence-electron chi connectivity index (χ2n) is 6.88. The molecule has 0 spiro atoms. The van der Waals surface area contributed by atoms with Gasteiger partial charge in [-0.15, -0.1) is 11.3 Å². The van der Waals surface area contributed by atoms with Crippen LogP contribution in [0.25, 0.3) is 0 Å². The van der Waals surface area contributed by atoms with Crippen molar-refractivity contribution in [3.63, 3.8) is 0 Å². The molecule has 1 aliphatic rings. The molecule has 4 nitrogen and oxygen atoms in total. The second kappa shape index (κ2) is 8.13. The third-order valence-electron chi connectivity index (χ3n) is 4.41. The highest BCUT2D eigenvalue weighted by Gasteiger charge is 2.25. The highest BCUT2D eigenvalue weighted by molar-refractivity contribution is 7.10. The van der Waals surface area contributed by atoms with E-state index in [0.717, 1.165) is 23.5 Å². The van der Waals surface area contributed by atoms with Crippen LogP contribution in [0.1, 0.15) is 35.9 Å². The van der Waals surface area contributed by atoms with E-state index in [4.69, 9.17) is 4.74 Å². The number of carbonyl (C=O) groups is 1. The first-order chi connectivity index (χ1) is 12.0. The predicted molar refractivity (Wildman–Crippen MR) is 102 cm³/mol. The van der Waals surface area contributed by atoms with Gasteiger partial charge in [0.25, 0.3) is 0 Å². The molecule has 25 heavy (non-hydrogen) atoms. The quantitative estimate of drug-likeness (QED) is 0.891. The maximum atomic E-state index is 12.7. The van der Waals surface area contributed by atoms with Crippen molar-refractivity contribution >= 4 is 17.2 Å². The molecule has 0 aliphatic carbocycles. The molecule has 1 fully saturated rings. The van der Waals surface area contributed by atoms with Crippen molar-refractivity contribution in [1.29, 1.82) is 0 Å². The summed E-state index contributed by atoms with van der Waals surface area (Å²) in [4.78, 5) is 16.0. The number of ether oxygens (including phenoxy) is 1. The molecule has 1 amide bonds. The Bertz CT molecular complexity index is 674. The van der Waals surface area contributed by atoms with Crippen molar-refractivity contribution in [2.24, 2.45) is 0 Å². The van der Waals surface area contributed by atoms with Gasteiger partial charge >= 0.3 is 0 Å². The Balaban J connectivity index is 1.70. The van der Waals surface area contributed by atoms with E-state index in [1.807, 2.05) is 11.4 Å². The Hall–Kier alpha value is -1.69. The van der Waals surface area contributed by atoms with Crippen molar-refractivity contribution < 1.29 is 9.53 Å². The monoisotopic (exact) mass is 358 g/mol. The van der Waals surface area contributed by atoms with Crippen LogP contribution < -0.4 is 5.32 Å². The fourth-order valence-corrected chi connectivity index (χ4v) is 4.16. The third kappa shape index (κ3) is 4.91. The third-order valence-corrected chi connectivity index (χ3v) is 5.34. The lowest BCUT2D eigenvalue weighted by Gasteiger charge is -2.35. The van der Waals surface area contributed by atoms with Gasteiger partial charge in [-0.3, -0.25) is 9.69 Å². The average molecular weight is 359 g/mol. The van der Waals surface area contributed by atoms with Crippen molar-refractivity contribution in [3.05, 3.63) is 57.8 Å². The van der Waals surface area contributed by atoms with Gasteiger partial charge in [-0.2, -0.15) is 0 Å². The van der Waals surface area contributed by atoms with Gasteiger partial charge in [-0.25, -0.2) is 0 Å². The van der Waals surface area contributed by atoms with Crippen LogP contribution in [0.3, 0.4) is 0 Å². The smallest absolute Gasteiger partial charge is 0.234 e. The Morgan fingerprint density at radius 2 is 1.92 bits per heavy atom. The molecule has 3 rings (SSSR count). The Morgan fingerprint density at radius 1 is 1.24 bits per heavy atom. The van der Waals surface area contributed by atoms with E-state index in [1.165, 1.54) is 5.56 Å². The summed E-state index contributed by atoms with van der Waals surface area (Å²) in [6, 6.07) is 12.4. The summed E-state index contributed by atoms with van der Waals surface area (Å²) in [6.07, 6.45) is 0.337. The van der Waals surface area contributed by atoms with E-state index in [2.05, 4.69) is 61.3 Å². The average Bonchev–Trinajstić information content (AvgIpc) is 3.06. The molecule has 134 valence electrons. The topological polar surface area (TPSA) is 41.6 Å². The predicted octanol–water partition coefficient (Wildman–Crippen LogP) is 3.37. The lowest BCUT2D eigenvalue weighted by molar-refractivity contribution is -0.126. The molecular formula is C20H26N2O2S. The lowest BCUT2D eigenvalue weighted by atomic mass is 10.0. The number of hydrogen-bond donors (Lipinski definition) is 1. The first-order valence-corrected chi connectivity index (χ1v) is 9.66. The molecule has 2 heterocycles. The normalized spacial score (nSPS) is 22.5. The SMILES string of the molecule is Cc1ccc(C(NC(=O)CN2CC(C)OC(C)C2)c2cccs2)cc1. The van der Waals surface area contributed by atoms with Crippen molar-refractivity contribution in [2.75, 3.05) is 19.6 Å². The number of aryl methyl sites for hydroxylation is 1. The minimum absolute atomic E-state index is 0.0558. The Morgan fingerprint density at radius 3 is 2.52 bits per heavy atom. The first kappa shape index (κ1) is 18.1. The molecule has 1 N–H and O–H groups in total. The highest BCUT2D eigenvalue weighted by Crippen LogP contribution is 2.26. The standard InChI is InChI=1S/C20H26N2O2S/c1-14-6-8-17(9-7-14)20(18-5-4-10-25-18)21-19(23)13-22-11-15(2)24-16(3)12-22/h4-10,15-16,20H,11-13H2,1-3H3,(H,21,23). The molecule has 0 saturated carbocycles. The summed E-state index contributed by atoms with van der Waals surface area (Å²) in [5.41, 5.74) is 2.33. The first-order valence-electron chi connectivity index (χ1n) is 8.78. The van der Waals surface area contributed by atoms with Crippen LogP contribution in [0.2, 0.25) is 0 Å². The second-order valence-corrected chi connectivity index (χ2v) is 7.86. The van der Waals surface area contributed by atoms with Gasteiger partial charge in [-0.05, 0) is 37.8 Å². The van der Waals surface area contributed by atoms with Gasteiger partial charge in [0, 0.05) is 18.0 Å². The summed E-state index contributed by atoms with van der Waals surface area (Å²) < 4.78 is 5.75. The molecule has 0 bridgehead atoms. The number of thiophene rings is 1.